The summed E-state index contributed by atoms with van der Waals surface area (Å²) in [5.74, 6) is -0.691. The zero-order chi connectivity index (χ0) is 19.3. The molecule has 2 amide bonds. The summed E-state index contributed by atoms with van der Waals surface area (Å²) in [6.07, 6.45) is 2.70. The summed E-state index contributed by atoms with van der Waals surface area (Å²) in [6.45, 7) is 2.43. The molecule has 4 rings (SSSR count). The third kappa shape index (κ3) is 2.97. The Morgan fingerprint density at radius 2 is 1.63 bits per heavy atom. The maximum Gasteiger partial charge on any atom is 0.338 e. The van der Waals surface area contributed by atoms with Gasteiger partial charge in [0.25, 0.3) is 0 Å². The maximum atomic E-state index is 13.0. The van der Waals surface area contributed by atoms with Gasteiger partial charge in [-0.25, -0.2) is 4.79 Å². The summed E-state index contributed by atoms with van der Waals surface area (Å²) in [6, 6.07) is 6.56. The molecule has 0 N–H and O–H groups in total. The van der Waals surface area contributed by atoms with Gasteiger partial charge in [-0.2, -0.15) is 0 Å². The number of hydrogen-bond donors (Lipinski definition) is 0. The molecule has 1 aromatic rings. The fraction of sp³-hybridized carbons (Fsp3) is 0.550. The van der Waals surface area contributed by atoms with Crippen molar-refractivity contribution in [3.8, 4) is 0 Å². The predicted molar refractivity (Wildman–Crippen MR) is 108 cm³/mol. The first kappa shape index (κ1) is 19.1. The van der Waals surface area contributed by atoms with Crippen molar-refractivity contribution in [3.63, 3.8) is 0 Å². The number of carbonyl (C=O) groups is 3. The molecular weight excluding hydrogens is 478 g/mol. The molecule has 1 saturated heterocycles. The van der Waals surface area contributed by atoms with Crippen molar-refractivity contribution < 1.29 is 19.1 Å². The monoisotopic (exact) mass is 497 g/mol. The zero-order valence-corrected chi connectivity index (χ0v) is 18.1. The van der Waals surface area contributed by atoms with Gasteiger partial charge in [0.15, 0.2) is 0 Å². The van der Waals surface area contributed by atoms with Crippen molar-refractivity contribution in [1.29, 1.82) is 0 Å². The largest absolute Gasteiger partial charge is 0.462 e. The number of ether oxygens (including phenoxy) is 1. The number of anilines is 1. The summed E-state index contributed by atoms with van der Waals surface area (Å²) in [5.41, 5.74) is 0.955. The van der Waals surface area contributed by atoms with Crippen LogP contribution in [0, 0.1) is 23.7 Å². The number of alkyl halides is 2. The number of halogens is 2. The Kier molecular flexibility index (Phi) is 5.18. The van der Waals surface area contributed by atoms with E-state index in [2.05, 4.69) is 31.9 Å². The number of esters is 1. The second-order valence-electron chi connectivity index (χ2n) is 7.55. The molecule has 1 aliphatic heterocycles. The number of imide groups is 1. The zero-order valence-electron chi connectivity index (χ0n) is 14.9. The van der Waals surface area contributed by atoms with Crippen molar-refractivity contribution >= 4 is 55.3 Å². The second kappa shape index (κ2) is 7.32. The van der Waals surface area contributed by atoms with Crippen molar-refractivity contribution in [2.75, 3.05) is 11.5 Å². The van der Waals surface area contributed by atoms with Gasteiger partial charge in [-0.05, 0) is 48.9 Å². The van der Waals surface area contributed by atoms with Crippen LogP contribution in [0.5, 0.6) is 0 Å². The second-order valence-corrected chi connectivity index (χ2v) is 9.67. The minimum absolute atomic E-state index is 0.111. The van der Waals surface area contributed by atoms with E-state index in [0.717, 1.165) is 19.3 Å². The van der Waals surface area contributed by atoms with Gasteiger partial charge in [-0.1, -0.05) is 45.2 Å². The molecule has 0 aromatic heterocycles. The Balaban J connectivity index is 1.52. The first-order chi connectivity index (χ1) is 13.0. The normalized spacial score (nSPS) is 34.3. The van der Waals surface area contributed by atoms with Crippen molar-refractivity contribution in [3.05, 3.63) is 29.8 Å². The summed E-state index contributed by atoms with van der Waals surface area (Å²) >= 11 is 7.38. The van der Waals surface area contributed by atoms with Crippen LogP contribution >= 0.6 is 31.9 Å². The van der Waals surface area contributed by atoms with Crippen LogP contribution in [0.2, 0.25) is 0 Å². The average Bonchev–Trinajstić information content (AvgIpc) is 3.27. The number of benzene rings is 1. The lowest BCUT2D eigenvalue weighted by Gasteiger charge is -2.28. The lowest BCUT2D eigenvalue weighted by Crippen LogP contribution is -2.37. The van der Waals surface area contributed by atoms with Crippen molar-refractivity contribution in [2.45, 2.75) is 35.8 Å². The van der Waals surface area contributed by atoms with Gasteiger partial charge in [-0.3, -0.25) is 14.5 Å². The Morgan fingerprint density at radius 1 is 1.07 bits per heavy atom. The molecule has 5 nitrogen and oxygen atoms in total. The molecule has 1 aromatic carbocycles. The quantitative estimate of drug-likeness (QED) is 0.267. The highest BCUT2D eigenvalue weighted by atomic mass is 79.9. The number of carbonyl (C=O) groups excluding carboxylic acids is 3. The molecule has 2 saturated carbocycles. The standard InChI is InChI=1S/C20H21Br2NO4/c1-2-3-8-27-20(26)10-4-6-11(7-5-10)23-18(24)14-12-9-13(15(14)19(23)25)17(22)16(12)21/h4-7,12-17H,2-3,8-9H2,1H3/t12-,13-,14-,15-,16-,17+/m1/s1. The molecular formula is C20H21Br2NO4. The number of nitrogens with zero attached hydrogens (tertiary/aromatic N) is 1. The van der Waals surface area contributed by atoms with E-state index in [4.69, 9.17) is 4.74 Å². The predicted octanol–water partition coefficient (Wildman–Crippen LogP) is 3.93. The van der Waals surface area contributed by atoms with Gasteiger partial charge in [0.05, 0.1) is 29.7 Å². The molecule has 1 heterocycles. The van der Waals surface area contributed by atoms with Gasteiger partial charge in [0.1, 0.15) is 0 Å². The Labute approximate surface area is 175 Å². The van der Waals surface area contributed by atoms with E-state index in [0.29, 0.717) is 17.9 Å². The van der Waals surface area contributed by atoms with E-state index in [1.54, 1.807) is 24.3 Å². The number of fused-ring (bicyclic) bond motifs is 5. The van der Waals surface area contributed by atoms with E-state index in [9.17, 15) is 14.4 Å². The lowest BCUT2D eigenvalue weighted by atomic mass is 9.81. The fourth-order valence-electron chi connectivity index (χ4n) is 4.74. The van der Waals surface area contributed by atoms with Crippen LogP contribution < -0.4 is 4.90 Å². The molecule has 6 atom stereocenters. The highest BCUT2D eigenvalue weighted by Gasteiger charge is 2.66. The van der Waals surface area contributed by atoms with E-state index in [1.165, 1.54) is 4.90 Å². The summed E-state index contributed by atoms with van der Waals surface area (Å²) in [7, 11) is 0. The third-order valence-corrected chi connectivity index (χ3v) is 9.29. The lowest BCUT2D eigenvalue weighted by molar-refractivity contribution is -0.123. The molecule has 144 valence electrons. The topological polar surface area (TPSA) is 63.7 Å². The van der Waals surface area contributed by atoms with E-state index in [-0.39, 0.29) is 51.1 Å². The van der Waals surface area contributed by atoms with Gasteiger partial charge in [-0.15, -0.1) is 0 Å². The summed E-state index contributed by atoms with van der Waals surface area (Å²) < 4.78 is 5.20. The summed E-state index contributed by atoms with van der Waals surface area (Å²) in [5, 5.41) is 0. The van der Waals surface area contributed by atoms with Crippen LogP contribution in [-0.2, 0) is 14.3 Å². The third-order valence-electron chi connectivity index (χ3n) is 6.08. The van der Waals surface area contributed by atoms with Crippen LogP contribution in [0.15, 0.2) is 24.3 Å². The molecule has 7 heteroatoms. The number of amides is 2. The number of unbranched alkanes of at least 4 members (excludes halogenated alkanes) is 1. The maximum absolute atomic E-state index is 13.0. The van der Waals surface area contributed by atoms with Crippen LogP contribution in [0.3, 0.4) is 0 Å². The van der Waals surface area contributed by atoms with E-state index in [1.807, 2.05) is 6.92 Å². The van der Waals surface area contributed by atoms with E-state index >= 15 is 0 Å². The minimum Gasteiger partial charge on any atom is -0.462 e. The Bertz CT molecular complexity index is 749. The average molecular weight is 499 g/mol. The van der Waals surface area contributed by atoms with Crippen LogP contribution in [-0.4, -0.2) is 34.0 Å². The van der Waals surface area contributed by atoms with Gasteiger partial charge >= 0.3 is 5.97 Å². The molecule has 2 aliphatic carbocycles. The van der Waals surface area contributed by atoms with Crippen LogP contribution in [0.4, 0.5) is 5.69 Å². The van der Waals surface area contributed by atoms with Crippen molar-refractivity contribution in [1.82, 2.24) is 0 Å². The number of hydrogen-bond acceptors (Lipinski definition) is 4. The van der Waals surface area contributed by atoms with Gasteiger partial charge in [0, 0.05) is 9.65 Å². The van der Waals surface area contributed by atoms with Gasteiger partial charge in [0.2, 0.25) is 11.8 Å². The molecule has 0 radical (unpaired) electrons. The fourth-order valence-corrected chi connectivity index (χ4v) is 6.62. The minimum atomic E-state index is -0.381. The van der Waals surface area contributed by atoms with Crippen molar-refractivity contribution in [2.24, 2.45) is 23.7 Å². The Morgan fingerprint density at radius 3 is 2.15 bits per heavy atom. The van der Waals surface area contributed by atoms with Crippen LogP contribution in [0.1, 0.15) is 36.5 Å². The SMILES string of the molecule is CCCCOC(=O)c1ccc(N2C(=O)[C@@H]3[C@H]4C[C@@H]([C@@H](Br)[C@H]4Br)[C@H]3C2=O)cc1. The molecule has 0 spiro atoms. The first-order valence-electron chi connectivity index (χ1n) is 9.38. The molecule has 3 fully saturated rings. The van der Waals surface area contributed by atoms with Gasteiger partial charge < -0.3 is 4.74 Å². The smallest absolute Gasteiger partial charge is 0.338 e. The molecule has 2 bridgehead atoms. The molecule has 27 heavy (non-hydrogen) atoms. The molecule has 0 unspecified atom stereocenters. The Hall–Kier alpha value is -1.21. The molecule has 3 aliphatic rings. The highest BCUT2D eigenvalue weighted by Crippen LogP contribution is 2.60. The van der Waals surface area contributed by atoms with E-state index < -0.39 is 0 Å². The first-order valence-corrected chi connectivity index (χ1v) is 11.2. The van der Waals surface area contributed by atoms with Crippen LogP contribution in [0.25, 0.3) is 0 Å². The summed E-state index contributed by atoms with van der Waals surface area (Å²) in [4.78, 5) is 39.8. The highest BCUT2D eigenvalue weighted by molar-refractivity contribution is 9.12. The number of rotatable bonds is 5.